The summed E-state index contributed by atoms with van der Waals surface area (Å²) in [7, 11) is 0. The third-order valence-electron chi connectivity index (χ3n) is 3.24. The van der Waals surface area contributed by atoms with Gasteiger partial charge in [-0.25, -0.2) is 0 Å². The van der Waals surface area contributed by atoms with Gasteiger partial charge < -0.3 is 5.11 Å². The summed E-state index contributed by atoms with van der Waals surface area (Å²) in [5.74, 6) is -0.658. The van der Waals surface area contributed by atoms with Gasteiger partial charge in [-0.15, -0.1) is 0 Å². The molecule has 1 fully saturated rings. The second-order valence-corrected chi connectivity index (χ2v) is 4.98. The van der Waals surface area contributed by atoms with Crippen molar-refractivity contribution in [1.82, 2.24) is 4.90 Å². The van der Waals surface area contributed by atoms with Gasteiger partial charge in [-0.05, 0) is 31.2 Å². The summed E-state index contributed by atoms with van der Waals surface area (Å²) in [6.07, 6.45) is 2.93. The van der Waals surface area contributed by atoms with Gasteiger partial charge >= 0.3 is 5.97 Å². The Hall–Kier alpha value is -0.570. The molecule has 1 rings (SSSR count). The lowest BCUT2D eigenvalue weighted by Crippen LogP contribution is -2.41. The zero-order chi connectivity index (χ0) is 10.8. The van der Waals surface area contributed by atoms with E-state index in [1.165, 1.54) is 0 Å². The average molecular weight is 199 g/mol. The molecule has 1 heterocycles. The highest BCUT2D eigenvalue weighted by Gasteiger charge is 2.33. The predicted octanol–water partition coefficient (Wildman–Crippen LogP) is 1.97. The van der Waals surface area contributed by atoms with Crippen molar-refractivity contribution in [3.63, 3.8) is 0 Å². The maximum atomic E-state index is 10.9. The lowest BCUT2D eigenvalue weighted by molar-refractivity contribution is -0.142. The Bertz CT molecular complexity index is 213. The van der Waals surface area contributed by atoms with E-state index in [1.807, 2.05) is 0 Å². The standard InChI is InChI=1S/C11H21NO2/c1-4-11(2,3)8-12-7-5-6-9(12)10(13)14/h9H,4-8H2,1-3H3,(H,13,14). The van der Waals surface area contributed by atoms with Gasteiger partial charge in [0, 0.05) is 6.54 Å². The van der Waals surface area contributed by atoms with E-state index in [2.05, 4.69) is 25.7 Å². The Morgan fingerprint density at radius 1 is 1.57 bits per heavy atom. The molecule has 1 aliphatic heterocycles. The minimum absolute atomic E-state index is 0.234. The molecule has 3 nitrogen and oxygen atoms in total. The Labute approximate surface area is 86.1 Å². The van der Waals surface area contributed by atoms with Crippen LogP contribution < -0.4 is 0 Å². The van der Waals surface area contributed by atoms with Crippen LogP contribution in [0.2, 0.25) is 0 Å². The molecule has 0 aromatic carbocycles. The smallest absolute Gasteiger partial charge is 0.320 e. The summed E-state index contributed by atoms with van der Waals surface area (Å²) < 4.78 is 0. The number of hydrogen-bond donors (Lipinski definition) is 1. The normalized spacial score (nSPS) is 24.1. The molecule has 1 atom stereocenters. The second kappa shape index (κ2) is 4.30. The molecule has 1 saturated heterocycles. The summed E-state index contributed by atoms with van der Waals surface area (Å²) in [4.78, 5) is 13.1. The fraction of sp³-hybridized carbons (Fsp3) is 0.909. The number of likely N-dealkylation sites (tertiary alicyclic amines) is 1. The average Bonchev–Trinajstić information content (AvgIpc) is 2.51. The number of rotatable bonds is 4. The van der Waals surface area contributed by atoms with Crippen LogP contribution in [-0.2, 0) is 4.79 Å². The minimum atomic E-state index is -0.658. The fourth-order valence-electron chi connectivity index (χ4n) is 1.96. The number of carboxylic acids is 1. The van der Waals surface area contributed by atoms with Crippen LogP contribution in [0.3, 0.4) is 0 Å². The zero-order valence-corrected chi connectivity index (χ0v) is 9.42. The van der Waals surface area contributed by atoms with Crippen molar-refractivity contribution < 1.29 is 9.90 Å². The van der Waals surface area contributed by atoms with Crippen LogP contribution in [-0.4, -0.2) is 35.1 Å². The molecule has 0 spiro atoms. The summed E-state index contributed by atoms with van der Waals surface area (Å²) >= 11 is 0. The zero-order valence-electron chi connectivity index (χ0n) is 9.42. The highest BCUT2D eigenvalue weighted by molar-refractivity contribution is 5.73. The Balaban J connectivity index is 2.55. The molecule has 1 N–H and O–H groups in total. The quantitative estimate of drug-likeness (QED) is 0.752. The van der Waals surface area contributed by atoms with Gasteiger partial charge in [0.25, 0.3) is 0 Å². The van der Waals surface area contributed by atoms with E-state index in [0.717, 1.165) is 32.4 Å². The molecular weight excluding hydrogens is 178 g/mol. The number of carbonyl (C=O) groups is 1. The Morgan fingerprint density at radius 3 is 2.71 bits per heavy atom. The number of hydrogen-bond acceptors (Lipinski definition) is 2. The van der Waals surface area contributed by atoms with Gasteiger partial charge in [0.2, 0.25) is 0 Å². The molecule has 14 heavy (non-hydrogen) atoms. The maximum Gasteiger partial charge on any atom is 0.320 e. The van der Waals surface area contributed by atoms with Gasteiger partial charge in [0.15, 0.2) is 0 Å². The van der Waals surface area contributed by atoms with Crippen molar-refractivity contribution in [3.05, 3.63) is 0 Å². The monoisotopic (exact) mass is 199 g/mol. The van der Waals surface area contributed by atoms with Crippen LogP contribution in [0.1, 0.15) is 40.0 Å². The molecule has 0 bridgehead atoms. The molecule has 0 aliphatic carbocycles. The van der Waals surface area contributed by atoms with Crippen LogP contribution in [0.25, 0.3) is 0 Å². The molecular formula is C11H21NO2. The summed E-state index contributed by atoms with van der Waals surface area (Å²) in [6, 6.07) is -0.235. The van der Waals surface area contributed by atoms with E-state index in [9.17, 15) is 4.79 Å². The third-order valence-corrected chi connectivity index (χ3v) is 3.24. The topological polar surface area (TPSA) is 40.5 Å². The lowest BCUT2D eigenvalue weighted by Gasteiger charge is -2.31. The highest BCUT2D eigenvalue weighted by Crippen LogP contribution is 2.26. The fourth-order valence-corrected chi connectivity index (χ4v) is 1.96. The molecule has 0 aromatic rings. The predicted molar refractivity (Wildman–Crippen MR) is 56.3 cm³/mol. The number of aliphatic carboxylic acids is 1. The van der Waals surface area contributed by atoms with Crippen LogP contribution >= 0.6 is 0 Å². The Morgan fingerprint density at radius 2 is 2.21 bits per heavy atom. The van der Waals surface area contributed by atoms with Crippen LogP contribution in [0.15, 0.2) is 0 Å². The summed E-state index contributed by atoms with van der Waals surface area (Å²) in [5.41, 5.74) is 0.234. The minimum Gasteiger partial charge on any atom is -0.480 e. The van der Waals surface area contributed by atoms with Crippen molar-refractivity contribution in [2.24, 2.45) is 5.41 Å². The molecule has 0 aromatic heterocycles. The van der Waals surface area contributed by atoms with E-state index >= 15 is 0 Å². The molecule has 1 aliphatic rings. The number of carboxylic acid groups (broad SMARTS) is 1. The Kier molecular flexibility index (Phi) is 3.53. The van der Waals surface area contributed by atoms with Gasteiger partial charge in [-0.1, -0.05) is 20.8 Å². The summed E-state index contributed by atoms with van der Waals surface area (Å²) in [5, 5.41) is 9.01. The molecule has 82 valence electrons. The first-order chi connectivity index (χ1) is 6.46. The first-order valence-electron chi connectivity index (χ1n) is 5.43. The van der Waals surface area contributed by atoms with Gasteiger partial charge in [0.05, 0.1) is 0 Å². The molecule has 0 saturated carbocycles. The summed E-state index contributed by atoms with van der Waals surface area (Å²) in [6.45, 7) is 8.40. The van der Waals surface area contributed by atoms with Gasteiger partial charge in [-0.3, -0.25) is 9.69 Å². The van der Waals surface area contributed by atoms with Crippen LogP contribution in [0, 0.1) is 5.41 Å². The van der Waals surface area contributed by atoms with E-state index < -0.39 is 5.97 Å². The van der Waals surface area contributed by atoms with Crippen molar-refractivity contribution >= 4 is 5.97 Å². The van der Waals surface area contributed by atoms with E-state index in [1.54, 1.807) is 0 Å². The van der Waals surface area contributed by atoms with Crippen molar-refractivity contribution in [1.29, 1.82) is 0 Å². The third kappa shape index (κ3) is 2.71. The van der Waals surface area contributed by atoms with Crippen LogP contribution in [0.5, 0.6) is 0 Å². The second-order valence-electron chi connectivity index (χ2n) is 4.98. The van der Waals surface area contributed by atoms with E-state index in [4.69, 9.17) is 5.11 Å². The SMILES string of the molecule is CCC(C)(C)CN1CCCC1C(=O)O. The van der Waals surface area contributed by atoms with Gasteiger partial charge in [0.1, 0.15) is 6.04 Å². The maximum absolute atomic E-state index is 10.9. The van der Waals surface area contributed by atoms with E-state index in [-0.39, 0.29) is 11.5 Å². The number of nitrogens with zero attached hydrogens (tertiary/aromatic N) is 1. The van der Waals surface area contributed by atoms with Crippen LogP contribution in [0.4, 0.5) is 0 Å². The highest BCUT2D eigenvalue weighted by atomic mass is 16.4. The molecule has 0 amide bonds. The molecule has 0 radical (unpaired) electrons. The van der Waals surface area contributed by atoms with E-state index in [0.29, 0.717) is 0 Å². The first kappa shape index (κ1) is 11.5. The van der Waals surface area contributed by atoms with Gasteiger partial charge in [-0.2, -0.15) is 0 Å². The first-order valence-corrected chi connectivity index (χ1v) is 5.43. The van der Waals surface area contributed by atoms with Crippen molar-refractivity contribution in [2.45, 2.75) is 46.1 Å². The van der Waals surface area contributed by atoms with Crippen molar-refractivity contribution in [2.75, 3.05) is 13.1 Å². The molecule has 1 unspecified atom stereocenters. The van der Waals surface area contributed by atoms with Crippen molar-refractivity contribution in [3.8, 4) is 0 Å². The largest absolute Gasteiger partial charge is 0.480 e. The lowest BCUT2D eigenvalue weighted by atomic mass is 9.89. The molecule has 3 heteroatoms.